The normalized spacial score (nSPS) is 10.7. The summed E-state index contributed by atoms with van der Waals surface area (Å²) in [4.78, 5) is 21.8. The van der Waals surface area contributed by atoms with Crippen molar-refractivity contribution in [2.75, 3.05) is 23.8 Å². The van der Waals surface area contributed by atoms with Crippen molar-refractivity contribution >= 4 is 17.3 Å². The second kappa shape index (κ2) is 9.64. The minimum Gasteiger partial charge on any atom is -0.354 e. The number of nitrogens with one attached hydrogen (secondary N) is 1. The van der Waals surface area contributed by atoms with Crippen LogP contribution >= 0.6 is 0 Å². The molecule has 7 heteroatoms. The molecule has 0 saturated heterocycles. The fourth-order valence-electron chi connectivity index (χ4n) is 3.21. The van der Waals surface area contributed by atoms with Gasteiger partial charge in [-0.25, -0.2) is 9.97 Å². The Bertz CT molecular complexity index is 895. The van der Waals surface area contributed by atoms with Crippen LogP contribution in [0.4, 0.5) is 17.3 Å². The smallest absolute Gasteiger partial charge is 0.353 e. The van der Waals surface area contributed by atoms with Gasteiger partial charge in [0.05, 0.1) is 11.0 Å². The first kappa shape index (κ1) is 20.3. The van der Waals surface area contributed by atoms with Gasteiger partial charge in [0.2, 0.25) is 11.6 Å². The van der Waals surface area contributed by atoms with Gasteiger partial charge < -0.3 is 10.2 Å². The zero-order valence-corrected chi connectivity index (χ0v) is 16.7. The van der Waals surface area contributed by atoms with Gasteiger partial charge in [-0.05, 0) is 17.5 Å². The molecule has 0 spiro atoms. The van der Waals surface area contributed by atoms with Gasteiger partial charge in [-0.3, -0.25) is 10.1 Å². The van der Waals surface area contributed by atoms with Crippen LogP contribution in [0, 0.1) is 10.1 Å². The Kier molecular flexibility index (Phi) is 6.73. The molecule has 29 heavy (non-hydrogen) atoms. The van der Waals surface area contributed by atoms with Gasteiger partial charge in [-0.1, -0.05) is 74.0 Å². The molecule has 0 aliphatic rings. The van der Waals surface area contributed by atoms with E-state index in [1.54, 1.807) is 0 Å². The highest BCUT2D eigenvalue weighted by Gasteiger charge is 2.27. The van der Waals surface area contributed by atoms with Gasteiger partial charge in [0.15, 0.2) is 0 Å². The Labute approximate surface area is 170 Å². The lowest BCUT2D eigenvalue weighted by molar-refractivity contribution is -0.383. The zero-order valence-electron chi connectivity index (χ0n) is 16.7. The van der Waals surface area contributed by atoms with Crippen molar-refractivity contribution in [1.29, 1.82) is 0 Å². The summed E-state index contributed by atoms with van der Waals surface area (Å²) >= 11 is 0. The Morgan fingerprint density at radius 2 is 1.62 bits per heavy atom. The second-order valence-corrected chi connectivity index (χ2v) is 6.83. The third kappa shape index (κ3) is 4.87. The molecule has 7 nitrogen and oxygen atoms in total. The number of unbranched alkanes of at least 4 members (excludes halogenated alkanes) is 1. The minimum absolute atomic E-state index is 0.108. The summed E-state index contributed by atoms with van der Waals surface area (Å²) < 4.78 is 0. The minimum atomic E-state index is -0.410. The lowest BCUT2D eigenvalue weighted by atomic mass is 9.99. The number of rotatable bonds is 9. The van der Waals surface area contributed by atoms with Gasteiger partial charge in [-0.2, -0.15) is 0 Å². The second-order valence-electron chi connectivity index (χ2n) is 6.83. The van der Waals surface area contributed by atoms with E-state index >= 15 is 0 Å². The van der Waals surface area contributed by atoms with E-state index in [0.717, 1.165) is 24.0 Å². The number of nitrogens with zero attached hydrogens (tertiary/aromatic N) is 4. The molecular formula is C22H25N5O2. The molecule has 2 aromatic carbocycles. The summed E-state index contributed by atoms with van der Waals surface area (Å²) in [5.41, 5.74) is 1.88. The predicted molar refractivity (Wildman–Crippen MR) is 115 cm³/mol. The van der Waals surface area contributed by atoms with E-state index in [1.165, 1.54) is 6.33 Å². The summed E-state index contributed by atoms with van der Waals surface area (Å²) in [5.74, 6) is 0.530. The van der Waals surface area contributed by atoms with E-state index in [1.807, 2.05) is 72.6 Å². The topological polar surface area (TPSA) is 84.2 Å². The third-order valence-corrected chi connectivity index (χ3v) is 4.74. The number of aromatic nitrogens is 2. The molecule has 150 valence electrons. The van der Waals surface area contributed by atoms with Crippen molar-refractivity contribution in [3.63, 3.8) is 0 Å². The van der Waals surface area contributed by atoms with Crippen LogP contribution in [-0.2, 0) is 0 Å². The molecule has 0 unspecified atom stereocenters. The molecule has 3 rings (SSSR count). The van der Waals surface area contributed by atoms with Crippen molar-refractivity contribution in [3.05, 3.63) is 88.2 Å². The van der Waals surface area contributed by atoms with Crippen LogP contribution in [0.25, 0.3) is 0 Å². The van der Waals surface area contributed by atoms with Crippen LogP contribution in [0.5, 0.6) is 0 Å². The van der Waals surface area contributed by atoms with Crippen molar-refractivity contribution in [2.45, 2.75) is 25.8 Å². The molecule has 1 N–H and O–H groups in total. The van der Waals surface area contributed by atoms with Crippen LogP contribution in [0.3, 0.4) is 0 Å². The van der Waals surface area contributed by atoms with Crippen molar-refractivity contribution < 1.29 is 4.92 Å². The van der Waals surface area contributed by atoms with Crippen LogP contribution < -0.4 is 10.2 Å². The maximum atomic E-state index is 11.9. The van der Waals surface area contributed by atoms with Crippen molar-refractivity contribution in [3.8, 4) is 0 Å². The number of nitro groups is 1. The standard InChI is InChI=1S/C22H25N5O2/c1-3-4-15-26(2)22-20(27(28)29)21(23-16-24-22)25-19(17-11-7-5-8-12-17)18-13-9-6-10-14-18/h5-14,16,19H,3-4,15H2,1-2H3,(H,23,24,25). The average Bonchev–Trinajstić information content (AvgIpc) is 2.76. The van der Waals surface area contributed by atoms with Crippen molar-refractivity contribution in [2.24, 2.45) is 0 Å². The summed E-state index contributed by atoms with van der Waals surface area (Å²) in [6.45, 7) is 2.77. The number of hydrogen-bond acceptors (Lipinski definition) is 6. The highest BCUT2D eigenvalue weighted by atomic mass is 16.6. The van der Waals surface area contributed by atoms with Gasteiger partial charge in [0.1, 0.15) is 6.33 Å². The molecule has 0 fully saturated rings. The van der Waals surface area contributed by atoms with Gasteiger partial charge >= 0.3 is 5.69 Å². The molecule has 0 atom stereocenters. The van der Waals surface area contributed by atoms with Crippen LogP contribution in [0.15, 0.2) is 67.0 Å². The monoisotopic (exact) mass is 391 g/mol. The fraction of sp³-hybridized carbons (Fsp3) is 0.273. The highest BCUT2D eigenvalue weighted by molar-refractivity contribution is 5.71. The first-order valence-corrected chi connectivity index (χ1v) is 9.68. The number of anilines is 2. The SMILES string of the molecule is CCCCN(C)c1ncnc(NC(c2ccccc2)c2ccccc2)c1[N+](=O)[O-]. The molecule has 3 aromatic rings. The van der Waals surface area contributed by atoms with Crippen LogP contribution in [0.2, 0.25) is 0 Å². The number of hydrogen-bond donors (Lipinski definition) is 1. The summed E-state index contributed by atoms with van der Waals surface area (Å²) in [5, 5.41) is 15.2. The van der Waals surface area contributed by atoms with Gasteiger partial charge in [0, 0.05) is 13.6 Å². The van der Waals surface area contributed by atoms with Gasteiger partial charge in [-0.15, -0.1) is 0 Å². The Balaban J connectivity index is 2.03. The van der Waals surface area contributed by atoms with E-state index in [2.05, 4.69) is 22.2 Å². The predicted octanol–water partition coefficient (Wildman–Crippen LogP) is 4.82. The fourth-order valence-corrected chi connectivity index (χ4v) is 3.21. The maximum absolute atomic E-state index is 11.9. The van der Waals surface area contributed by atoms with Crippen LogP contribution in [0.1, 0.15) is 36.9 Å². The molecule has 0 saturated carbocycles. The highest BCUT2D eigenvalue weighted by Crippen LogP contribution is 2.35. The average molecular weight is 391 g/mol. The van der Waals surface area contributed by atoms with Gasteiger partial charge in [0.25, 0.3) is 0 Å². The van der Waals surface area contributed by atoms with E-state index in [9.17, 15) is 10.1 Å². The maximum Gasteiger partial charge on any atom is 0.353 e. The molecule has 0 aliphatic carbocycles. The van der Waals surface area contributed by atoms with Crippen LogP contribution in [-0.4, -0.2) is 28.5 Å². The molecule has 0 bridgehead atoms. The molecule has 1 aromatic heterocycles. The lowest BCUT2D eigenvalue weighted by Gasteiger charge is -2.22. The van der Waals surface area contributed by atoms with E-state index < -0.39 is 4.92 Å². The zero-order chi connectivity index (χ0) is 20.6. The first-order chi connectivity index (χ1) is 14.1. The molecule has 0 amide bonds. The summed E-state index contributed by atoms with van der Waals surface area (Å²) in [6, 6.07) is 19.4. The largest absolute Gasteiger partial charge is 0.354 e. The molecule has 0 radical (unpaired) electrons. The molecule has 0 aliphatic heterocycles. The summed E-state index contributed by atoms with van der Waals surface area (Å²) in [7, 11) is 1.82. The van der Waals surface area contributed by atoms with E-state index in [4.69, 9.17) is 0 Å². The Hall–Kier alpha value is -3.48. The quantitative estimate of drug-likeness (QED) is 0.416. The Morgan fingerprint density at radius 3 is 2.14 bits per heavy atom. The molecular weight excluding hydrogens is 366 g/mol. The summed E-state index contributed by atoms with van der Waals surface area (Å²) in [6.07, 6.45) is 3.30. The van der Waals surface area contributed by atoms with Crippen molar-refractivity contribution in [1.82, 2.24) is 9.97 Å². The first-order valence-electron chi connectivity index (χ1n) is 9.68. The Morgan fingerprint density at radius 1 is 1.03 bits per heavy atom. The van der Waals surface area contributed by atoms with E-state index in [-0.39, 0.29) is 17.5 Å². The third-order valence-electron chi connectivity index (χ3n) is 4.74. The van der Waals surface area contributed by atoms with E-state index in [0.29, 0.717) is 12.4 Å². The number of benzene rings is 2. The lowest BCUT2D eigenvalue weighted by Crippen LogP contribution is -2.22. The molecule has 1 heterocycles.